The van der Waals surface area contributed by atoms with Gasteiger partial charge in [0.2, 0.25) is 5.91 Å². The van der Waals surface area contributed by atoms with E-state index in [0.717, 1.165) is 6.42 Å². The van der Waals surface area contributed by atoms with Crippen LogP contribution in [-0.2, 0) is 9.59 Å². The summed E-state index contributed by atoms with van der Waals surface area (Å²) < 4.78 is 0. The van der Waals surface area contributed by atoms with Gasteiger partial charge in [-0.3, -0.25) is 9.59 Å². The quantitative estimate of drug-likeness (QED) is 0.541. The van der Waals surface area contributed by atoms with Crippen LogP contribution >= 0.6 is 0 Å². The number of carboxylic acid groups (broad SMARTS) is 1. The Kier molecular flexibility index (Phi) is 6.74. The van der Waals surface area contributed by atoms with Crippen molar-refractivity contribution in [3.05, 3.63) is 0 Å². The standard InChI is InChI=1S/C9H18N2O3/c1-3-5-11-9(14)7(10-4-2)6-8(12)13/h7,10H,3-6H2,1-2H3,(H,11,14)(H,12,13). The number of carboxylic acids is 1. The highest BCUT2D eigenvalue weighted by molar-refractivity contribution is 5.86. The summed E-state index contributed by atoms with van der Waals surface area (Å²) in [4.78, 5) is 21.8. The highest BCUT2D eigenvalue weighted by Crippen LogP contribution is 1.92. The van der Waals surface area contributed by atoms with Gasteiger partial charge in [0, 0.05) is 6.54 Å². The van der Waals surface area contributed by atoms with Crippen LogP contribution in [0.5, 0.6) is 0 Å². The number of nitrogens with one attached hydrogen (secondary N) is 2. The summed E-state index contributed by atoms with van der Waals surface area (Å²) in [5, 5.41) is 14.1. The van der Waals surface area contributed by atoms with E-state index in [0.29, 0.717) is 13.1 Å². The van der Waals surface area contributed by atoms with E-state index < -0.39 is 12.0 Å². The lowest BCUT2D eigenvalue weighted by atomic mass is 10.2. The molecule has 0 radical (unpaired) electrons. The van der Waals surface area contributed by atoms with Crippen molar-refractivity contribution in [3.63, 3.8) is 0 Å². The normalized spacial score (nSPS) is 12.1. The first-order chi connectivity index (χ1) is 6.61. The molecule has 14 heavy (non-hydrogen) atoms. The molecule has 1 amide bonds. The highest BCUT2D eigenvalue weighted by Gasteiger charge is 2.19. The van der Waals surface area contributed by atoms with Gasteiger partial charge in [0.1, 0.15) is 0 Å². The topological polar surface area (TPSA) is 78.4 Å². The summed E-state index contributed by atoms with van der Waals surface area (Å²) in [5.41, 5.74) is 0. The van der Waals surface area contributed by atoms with Gasteiger partial charge >= 0.3 is 5.97 Å². The van der Waals surface area contributed by atoms with Gasteiger partial charge in [0.05, 0.1) is 12.5 Å². The molecule has 1 unspecified atom stereocenters. The van der Waals surface area contributed by atoms with Crippen LogP contribution < -0.4 is 10.6 Å². The lowest BCUT2D eigenvalue weighted by molar-refractivity contribution is -0.139. The van der Waals surface area contributed by atoms with Crippen LogP contribution in [0.2, 0.25) is 0 Å². The third kappa shape index (κ3) is 5.53. The number of carbonyl (C=O) groups excluding carboxylic acids is 1. The van der Waals surface area contributed by atoms with E-state index in [2.05, 4.69) is 10.6 Å². The second-order valence-corrected chi connectivity index (χ2v) is 3.00. The summed E-state index contributed by atoms with van der Waals surface area (Å²) >= 11 is 0. The Labute approximate surface area is 83.9 Å². The fourth-order valence-electron chi connectivity index (χ4n) is 1.05. The number of likely N-dealkylation sites (N-methyl/N-ethyl adjacent to an activating group) is 1. The van der Waals surface area contributed by atoms with Crippen molar-refractivity contribution in [3.8, 4) is 0 Å². The minimum Gasteiger partial charge on any atom is -0.481 e. The molecule has 0 aromatic rings. The Bertz CT molecular complexity index is 194. The zero-order valence-corrected chi connectivity index (χ0v) is 8.67. The number of hydrogen-bond acceptors (Lipinski definition) is 3. The first-order valence-electron chi connectivity index (χ1n) is 4.84. The predicted molar refractivity (Wildman–Crippen MR) is 53.0 cm³/mol. The molecule has 5 heteroatoms. The summed E-state index contributed by atoms with van der Waals surface area (Å²) in [7, 11) is 0. The van der Waals surface area contributed by atoms with Crippen LogP contribution in [0.4, 0.5) is 0 Å². The molecular weight excluding hydrogens is 184 g/mol. The van der Waals surface area contributed by atoms with E-state index in [9.17, 15) is 9.59 Å². The molecule has 0 aromatic heterocycles. The first kappa shape index (κ1) is 12.9. The lowest BCUT2D eigenvalue weighted by Gasteiger charge is -2.14. The third-order valence-electron chi connectivity index (χ3n) is 1.69. The van der Waals surface area contributed by atoms with Crippen molar-refractivity contribution in [2.75, 3.05) is 13.1 Å². The van der Waals surface area contributed by atoms with Crippen LogP contribution in [0.25, 0.3) is 0 Å². The number of amides is 1. The van der Waals surface area contributed by atoms with E-state index >= 15 is 0 Å². The minimum absolute atomic E-state index is 0.177. The second-order valence-electron chi connectivity index (χ2n) is 3.00. The average Bonchev–Trinajstić information content (AvgIpc) is 2.13. The molecule has 0 aromatic carbocycles. The van der Waals surface area contributed by atoms with Gasteiger partial charge in [-0.05, 0) is 13.0 Å². The predicted octanol–water partition coefficient (Wildman–Crippen LogP) is -0.0346. The molecule has 82 valence electrons. The maximum atomic E-state index is 11.4. The molecule has 0 aliphatic rings. The molecule has 0 fully saturated rings. The molecule has 0 aliphatic heterocycles. The fraction of sp³-hybridized carbons (Fsp3) is 0.778. The Morgan fingerprint density at radius 2 is 2.00 bits per heavy atom. The largest absolute Gasteiger partial charge is 0.481 e. The molecule has 5 nitrogen and oxygen atoms in total. The maximum Gasteiger partial charge on any atom is 0.305 e. The molecular formula is C9H18N2O3. The number of hydrogen-bond donors (Lipinski definition) is 3. The fourth-order valence-corrected chi connectivity index (χ4v) is 1.05. The van der Waals surface area contributed by atoms with Crippen molar-refractivity contribution in [1.29, 1.82) is 0 Å². The van der Waals surface area contributed by atoms with E-state index in [1.807, 2.05) is 13.8 Å². The molecule has 3 N–H and O–H groups in total. The SMILES string of the molecule is CCCNC(=O)C(CC(=O)O)NCC. The van der Waals surface area contributed by atoms with Gasteiger partial charge in [-0.25, -0.2) is 0 Å². The van der Waals surface area contributed by atoms with E-state index in [1.54, 1.807) is 0 Å². The maximum absolute atomic E-state index is 11.4. The molecule has 0 heterocycles. The van der Waals surface area contributed by atoms with E-state index in [4.69, 9.17) is 5.11 Å². The highest BCUT2D eigenvalue weighted by atomic mass is 16.4. The van der Waals surface area contributed by atoms with Crippen molar-refractivity contribution in [2.24, 2.45) is 0 Å². The summed E-state index contributed by atoms with van der Waals surface area (Å²) in [6.45, 7) is 4.94. The zero-order chi connectivity index (χ0) is 11.0. The molecule has 0 saturated carbocycles. The van der Waals surface area contributed by atoms with Gasteiger partial charge in [-0.15, -0.1) is 0 Å². The number of rotatable bonds is 7. The molecule has 0 rings (SSSR count). The Morgan fingerprint density at radius 3 is 2.43 bits per heavy atom. The van der Waals surface area contributed by atoms with E-state index in [1.165, 1.54) is 0 Å². The van der Waals surface area contributed by atoms with Crippen LogP contribution in [-0.4, -0.2) is 36.1 Å². The van der Waals surface area contributed by atoms with Gasteiger partial charge in [0.25, 0.3) is 0 Å². The summed E-state index contributed by atoms with van der Waals surface area (Å²) in [6, 6.07) is -0.621. The van der Waals surface area contributed by atoms with Crippen molar-refractivity contribution in [1.82, 2.24) is 10.6 Å². The van der Waals surface area contributed by atoms with Crippen molar-refractivity contribution in [2.45, 2.75) is 32.7 Å². The van der Waals surface area contributed by atoms with Gasteiger partial charge in [-0.2, -0.15) is 0 Å². The second kappa shape index (κ2) is 7.32. The zero-order valence-electron chi connectivity index (χ0n) is 8.67. The van der Waals surface area contributed by atoms with E-state index in [-0.39, 0.29) is 12.3 Å². The third-order valence-corrected chi connectivity index (χ3v) is 1.69. The minimum atomic E-state index is -0.970. The van der Waals surface area contributed by atoms with Crippen molar-refractivity contribution < 1.29 is 14.7 Å². The van der Waals surface area contributed by atoms with Gasteiger partial charge in [0.15, 0.2) is 0 Å². The summed E-state index contributed by atoms with van der Waals surface area (Å²) in [5.74, 6) is -1.21. The molecule has 0 spiro atoms. The van der Waals surface area contributed by atoms with Crippen LogP contribution in [0.15, 0.2) is 0 Å². The van der Waals surface area contributed by atoms with Crippen LogP contribution in [0.3, 0.4) is 0 Å². The number of carbonyl (C=O) groups is 2. The van der Waals surface area contributed by atoms with Gasteiger partial charge < -0.3 is 15.7 Å². The summed E-state index contributed by atoms with van der Waals surface area (Å²) in [6.07, 6.45) is 0.668. The number of aliphatic carboxylic acids is 1. The Morgan fingerprint density at radius 1 is 1.36 bits per heavy atom. The Balaban J connectivity index is 4.03. The Hall–Kier alpha value is -1.10. The monoisotopic (exact) mass is 202 g/mol. The lowest BCUT2D eigenvalue weighted by Crippen LogP contribution is -2.45. The molecule has 1 atom stereocenters. The average molecular weight is 202 g/mol. The first-order valence-corrected chi connectivity index (χ1v) is 4.84. The van der Waals surface area contributed by atoms with Gasteiger partial charge in [-0.1, -0.05) is 13.8 Å². The smallest absolute Gasteiger partial charge is 0.305 e. The van der Waals surface area contributed by atoms with Crippen LogP contribution in [0.1, 0.15) is 26.7 Å². The molecule has 0 aliphatic carbocycles. The molecule has 0 saturated heterocycles. The van der Waals surface area contributed by atoms with Crippen LogP contribution in [0, 0.1) is 0 Å². The molecule has 0 bridgehead atoms. The van der Waals surface area contributed by atoms with Crippen molar-refractivity contribution >= 4 is 11.9 Å².